The highest BCUT2D eigenvalue weighted by molar-refractivity contribution is 5.55. The number of fused-ring (bicyclic) bond motifs is 1. The van der Waals surface area contributed by atoms with Gasteiger partial charge >= 0.3 is 0 Å². The molecule has 0 N–H and O–H groups in total. The summed E-state index contributed by atoms with van der Waals surface area (Å²) in [6, 6.07) is 9.69. The predicted octanol–water partition coefficient (Wildman–Crippen LogP) is 2.98. The molecular formula is C13H20N+. The van der Waals surface area contributed by atoms with Crippen LogP contribution in [0.3, 0.4) is 0 Å². The second-order valence-corrected chi connectivity index (χ2v) is 4.35. The summed E-state index contributed by atoms with van der Waals surface area (Å²) >= 11 is 0. The van der Waals surface area contributed by atoms with Crippen LogP contribution in [0.2, 0.25) is 0 Å². The normalized spacial score (nSPS) is 23.5. The van der Waals surface area contributed by atoms with Crippen LogP contribution in [0.15, 0.2) is 24.3 Å². The average molecular weight is 190 g/mol. The summed E-state index contributed by atoms with van der Waals surface area (Å²) in [5.74, 6) is 0. The van der Waals surface area contributed by atoms with Crippen molar-refractivity contribution in [2.24, 2.45) is 0 Å². The summed E-state index contributed by atoms with van der Waals surface area (Å²) in [6.45, 7) is 9.43. The van der Waals surface area contributed by atoms with Crippen LogP contribution >= 0.6 is 0 Å². The number of rotatable bonds is 2. The summed E-state index contributed by atoms with van der Waals surface area (Å²) in [5.41, 5.74) is 3.12. The Morgan fingerprint density at radius 3 is 2.50 bits per heavy atom. The molecule has 0 aromatic heterocycles. The van der Waals surface area contributed by atoms with Crippen LogP contribution in [0, 0.1) is 0 Å². The van der Waals surface area contributed by atoms with Crippen molar-refractivity contribution in [3.05, 3.63) is 29.8 Å². The Bertz CT molecular complexity index is 326. The molecule has 1 aromatic carbocycles. The smallest absolute Gasteiger partial charge is 0.136 e. The average Bonchev–Trinajstić information content (AvgIpc) is 2.50. The maximum atomic E-state index is 2.38. The molecule has 14 heavy (non-hydrogen) atoms. The van der Waals surface area contributed by atoms with Gasteiger partial charge in [0.1, 0.15) is 5.69 Å². The van der Waals surface area contributed by atoms with Crippen molar-refractivity contribution >= 4 is 5.69 Å². The van der Waals surface area contributed by atoms with Crippen molar-refractivity contribution in [2.75, 3.05) is 13.1 Å². The third kappa shape index (κ3) is 1.12. The van der Waals surface area contributed by atoms with Gasteiger partial charge < -0.3 is 0 Å². The molecule has 76 valence electrons. The highest BCUT2D eigenvalue weighted by Crippen LogP contribution is 2.38. The number of likely N-dealkylation sites (N-methyl/N-ethyl adjacent to an activating group) is 1. The summed E-state index contributed by atoms with van der Waals surface area (Å²) in [6.07, 6.45) is 1.25. The lowest BCUT2D eigenvalue weighted by molar-refractivity contribution is 0.253. The van der Waals surface area contributed by atoms with Crippen molar-refractivity contribution in [3.8, 4) is 0 Å². The minimum atomic E-state index is 0.752. The van der Waals surface area contributed by atoms with Gasteiger partial charge in [-0.05, 0) is 26.8 Å². The maximum Gasteiger partial charge on any atom is 0.136 e. The van der Waals surface area contributed by atoms with Gasteiger partial charge in [-0.15, -0.1) is 0 Å². The van der Waals surface area contributed by atoms with E-state index in [0.29, 0.717) is 0 Å². The van der Waals surface area contributed by atoms with Gasteiger partial charge in [0.25, 0.3) is 0 Å². The van der Waals surface area contributed by atoms with Gasteiger partial charge in [0.2, 0.25) is 0 Å². The van der Waals surface area contributed by atoms with Crippen LogP contribution < -0.4 is 4.48 Å². The van der Waals surface area contributed by atoms with E-state index in [4.69, 9.17) is 0 Å². The Balaban J connectivity index is 2.53. The molecule has 0 saturated carbocycles. The molecule has 0 unspecified atom stereocenters. The first-order valence-electron chi connectivity index (χ1n) is 5.69. The Morgan fingerprint density at radius 2 is 1.86 bits per heavy atom. The lowest BCUT2D eigenvalue weighted by Crippen LogP contribution is -2.52. The largest absolute Gasteiger partial charge is 0.289 e. The third-order valence-electron chi connectivity index (χ3n) is 3.96. The highest BCUT2D eigenvalue weighted by atomic mass is 15.4. The summed E-state index contributed by atoms with van der Waals surface area (Å²) < 4.78 is 1.18. The Kier molecular flexibility index (Phi) is 2.36. The number of hydrogen-bond donors (Lipinski definition) is 0. The quantitative estimate of drug-likeness (QED) is 0.629. The lowest BCUT2D eigenvalue weighted by atomic mass is 10.1. The van der Waals surface area contributed by atoms with Crippen LogP contribution in [-0.4, -0.2) is 19.1 Å². The Labute approximate surface area is 86.9 Å². The predicted molar refractivity (Wildman–Crippen MR) is 62.5 cm³/mol. The molecule has 1 heteroatoms. The van der Waals surface area contributed by atoms with E-state index in [9.17, 15) is 0 Å². The Morgan fingerprint density at radius 1 is 1.21 bits per heavy atom. The minimum absolute atomic E-state index is 0.752. The van der Waals surface area contributed by atoms with Gasteiger partial charge in [0.05, 0.1) is 19.1 Å². The second-order valence-electron chi connectivity index (χ2n) is 4.35. The van der Waals surface area contributed by atoms with Crippen molar-refractivity contribution in [3.63, 3.8) is 0 Å². The number of nitrogens with zero attached hydrogens (tertiary/aromatic N) is 1. The van der Waals surface area contributed by atoms with E-state index in [-0.39, 0.29) is 0 Å². The first-order valence-corrected chi connectivity index (χ1v) is 5.69. The molecule has 0 radical (unpaired) electrons. The number of benzene rings is 1. The van der Waals surface area contributed by atoms with E-state index >= 15 is 0 Å². The molecule has 0 aliphatic carbocycles. The van der Waals surface area contributed by atoms with Crippen molar-refractivity contribution < 1.29 is 0 Å². The summed E-state index contributed by atoms with van der Waals surface area (Å²) in [5, 5.41) is 0. The second kappa shape index (κ2) is 3.39. The molecule has 0 bridgehead atoms. The van der Waals surface area contributed by atoms with Crippen LogP contribution in [-0.2, 0) is 6.42 Å². The van der Waals surface area contributed by atoms with Crippen LogP contribution in [0.4, 0.5) is 5.69 Å². The first kappa shape index (κ1) is 9.72. The molecule has 1 heterocycles. The molecule has 1 atom stereocenters. The number of quaternary nitrogens is 1. The van der Waals surface area contributed by atoms with E-state index < -0.39 is 0 Å². The van der Waals surface area contributed by atoms with E-state index in [2.05, 4.69) is 45.0 Å². The molecular weight excluding hydrogens is 170 g/mol. The minimum Gasteiger partial charge on any atom is -0.289 e. The van der Waals surface area contributed by atoms with E-state index in [1.54, 1.807) is 11.3 Å². The van der Waals surface area contributed by atoms with Gasteiger partial charge in [-0.1, -0.05) is 18.2 Å². The fraction of sp³-hybridized carbons (Fsp3) is 0.538. The van der Waals surface area contributed by atoms with Crippen LogP contribution in [0.25, 0.3) is 0 Å². The zero-order valence-corrected chi connectivity index (χ0v) is 9.46. The molecule has 0 fully saturated rings. The Hall–Kier alpha value is -0.820. The van der Waals surface area contributed by atoms with Gasteiger partial charge in [-0.3, -0.25) is 4.48 Å². The topological polar surface area (TPSA) is 0 Å². The standard InChI is InChI=1S/C13H20N/c1-4-14(5-2)11(3)10-12-8-6-7-9-13(12)14/h6-9,11H,4-5,10H2,1-3H3/q+1/t11-/m0/s1. The molecule has 0 saturated heterocycles. The van der Waals surface area contributed by atoms with E-state index in [1.165, 1.54) is 24.0 Å². The zero-order valence-electron chi connectivity index (χ0n) is 9.46. The van der Waals surface area contributed by atoms with Crippen LogP contribution in [0.5, 0.6) is 0 Å². The lowest BCUT2D eigenvalue weighted by Gasteiger charge is -2.37. The fourth-order valence-corrected chi connectivity index (χ4v) is 3.04. The molecule has 2 rings (SSSR count). The third-order valence-corrected chi connectivity index (χ3v) is 3.96. The van der Waals surface area contributed by atoms with Crippen LogP contribution in [0.1, 0.15) is 26.3 Å². The molecule has 1 aromatic rings. The van der Waals surface area contributed by atoms with Gasteiger partial charge in [-0.2, -0.15) is 0 Å². The monoisotopic (exact) mass is 190 g/mol. The molecule has 0 spiro atoms. The summed E-state index contributed by atoms with van der Waals surface area (Å²) in [7, 11) is 0. The van der Waals surface area contributed by atoms with Crippen molar-refractivity contribution in [1.29, 1.82) is 0 Å². The van der Waals surface area contributed by atoms with E-state index in [1.807, 2.05) is 0 Å². The van der Waals surface area contributed by atoms with Gasteiger partial charge in [0.15, 0.2) is 0 Å². The fourth-order valence-electron chi connectivity index (χ4n) is 3.04. The summed E-state index contributed by atoms with van der Waals surface area (Å²) in [4.78, 5) is 0. The SMILES string of the molecule is CC[N+]1(CC)c2ccccc2C[C@@H]1C. The van der Waals surface area contributed by atoms with E-state index in [0.717, 1.165) is 6.04 Å². The van der Waals surface area contributed by atoms with Crippen molar-refractivity contribution in [2.45, 2.75) is 33.2 Å². The number of hydrogen-bond acceptors (Lipinski definition) is 0. The molecule has 1 nitrogen and oxygen atoms in total. The molecule has 1 aliphatic rings. The molecule has 1 aliphatic heterocycles. The highest BCUT2D eigenvalue weighted by Gasteiger charge is 2.41. The maximum absolute atomic E-state index is 2.38. The first-order chi connectivity index (χ1) is 6.74. The van der Waals surface area contributed by atoms with Gasteiger partial charge in [-0.25, -0.2) is 0 Å². The zero-order chi connectivity index (χ0) is 10.2. The number of para-hydroxylation sites is 1. The van der Waals surface area contributed by atoms with Gasteiger partial charge in [0, 0.05) is 12.0 Å². The molecule has 0 amide bonds. The van der Waals surface area contributed by atoms with Crippen molar-refractivity contribution in [1.82, 2.24) is 4.48 Å².